The second kappa shape index (κ2) is 18.7. The Balaban J connectivity index is 3.46. The fourth-order valence-electron chi connectivity index (χ4n) is 3.26. The van der Waals surface area contributed by atoms with Gasteiger partial charge in [0.05, 0.1) is 12.2 Å². The smallest absolute Gasteiger partial charge is 0.305 e. The molecule has 162 valence electrons. The predicted molar refractivity (Wildman–Crippen MR) is 113 cm³/mol. The molecular weight excluding hydrogens is 340 g/mol. The summed E-state index contributed by atoms with van der Waals surface area (Å²) in [6.07, 6.45) is 15.4. The number of hydrogen-bond donors (Lipinski definition) is 2. The zero-order chi connectivity index (χ0) is 20.3. The summed E-state index contributed by atoms with van der Waals surface area (Å²) >= 11 is 0. The number of aliphatic hydroxyl groups excluding tert-OH is 2. The molecule has 0 saturated heterocycles. The molecule has 4 heteroatoms. The third-order valence-electron chi connectivity index (χ3n) is 5.46. The molecule has 0 aliphatic carbocycles. The zero-order valence-electron chi connectivity index (χ0n) is 18.3. The van der Waals surface area contributed by atoms with Gasteiger partial charge in [0, 0.05) is 6.42 Å². The molecule has 0 aromatic heterocycles. The lowest BCUT2D eigenvalue weighted by Crippen LogP contribution is -2.17. The van der Waals surface area contributed by atoms with E-state index in [0.717, 1.165) is 44.9 Å². The van der Waals surface area contributed by atoms with Gasteiger partial charge in [-0.05, 0) is 31.6 Å². The Bertz CT molecular complexity index is 332. The molecule has 3 unspecified atom stereocenters. The van der Waals surface area contributed by atoms with E-state index in [-0.39, 0.29) is 18.7 Å². The van der Waals surface area contributed by atoms with E-state index in [0.29, 0.717) is 18.8 Å². The highest BCUT2D eigenvalue weighted by Crippen LogP contribution is 2.19. The average Bonchev–Trinajstić information content (AvgIpc) is 2.67. The van der Waals surface area contributed by atoms with Crippen molar-refractivity contribution in [3.8, 4) is 0 Å². The van der Waals surface area contributed by atoms with Crippen molar-refractivity contribution in [1.82, 2.24) is 0 Å². The van der Waals surface area contributed by atoms with Crippen LogP contribution in [0.4, 0.5) is 0 Å². The third kappa shape index (κ3) is 17.2. The lowest BCUT2D eigenvalue weighted by atomic mass is 9.93. The van der Waals surface area contributed by atoms with Gasteiger partial charge in [0.25, 0.3) is 0 Å². The van der Waals surface area contributed by atoms with Gasteiger partial charge >= 0.3 is 5.97 Å². The fraction of sp³-hybridized carbons (Fsp3) is 0.957. The van der Waals surface area contributed by atoms with Crippen molar-refractivity contribution in [1.29, 1.82) is 0 Å². The maximum atomic E-state index is 11.5. The topological polar surface area (TPSA) is 66.8 Å². The van der Waals surface area contributed by atoms with Gasteiger partial charge in [0.1, 0.15) is 6.61 Å². The first-order valence-electron chi connectivity index (χ1n) is 11.5. The fourth-order valence-corrected chi connectivity index (χ4v) is 3.26. The van der Waals surface area contributed by atoms with Crippen molar-refractivity contribution in [2.24, 2.45) is 5.92 Å². The van der Waals surface area contributed by atoms with Crippen LogP contribution < -0.4 is 0 Å². The second-order valence-corrected chi connectivity index (χ2v) is 8.15. The molecule has 0 heterocycles. The third-order valence-corrected chi connectivity index (χ3v) is 5.46. The number of esters is 1. The van der Waals surface area contributed by atoms with Gasteiger partial charge in [-0.25, -0.2) is 0 Å². The average molecular weight is 387 g/mol. The molecule has 27 heavy (non-hydrogen) atoms. The number of carbonyl (C=O) groups is 1. The Morgan fingerprint density at radius 1 is 0.815 bits per heavy atom. The molecule has 0 radical (unpaired) electrons. The first kappa shape index (κ1) is 26.4. The highest BCUT2D eigenvalue weighted by Gasteiger charge is 2.13. The molecule has 4 nitrogen and oxygen atoms in total. The van der Waals surface area contributed by atoms with E-state index in [1.54, 1.807) is 0 Å². The van der Waals surface area contributed by atoms with Crippen LogP contribution in [0.25, 0.3) is 0 Å². The molecule has 0 aliphatic rings. The molecule has 0 aromatic rings. The van der Waals surface area contributed by atoms with Crippen molar-refractivity contribution in [3.63, 3.8) is 0 Å². The van der Waals surface area contributed by atoms with Crippen molar-refractivity contribution >= 4 is 5.97 Å². The number of rotatable bonds is 19. The van der Waals surface area contributed by atoms with Gasteiger partial charge in [0.15, 0.2) is 0 Å². The van der Waals surface area contributed by atoms with Crippen LogP contribution >= 0.6 is 0 Å². The van der Waals surface area contributed by atoms with Crippen LogP contribution in [-0.4, -0.2) is 35.0 Å². The molecule has 0 rings (SSSR count). The van der Waals surface area contributed by atoms with Gasteiger partial charge < -0.3 is 14.9 Å². The van der Waals surface area contributed by atoms with Crippen molar-refractivity contribution in [2.75, 3.05) is 6.61 Å². The minimum Gasteiger partial charge on any atom is -0.463 e. The van der Waals surface area contributed by atoms with Crippen molar-refractivity contribution in [2.45, 2.75) is 129 Å². The van der Waals surface area contributed by atoms with E-state index in [4.69, 9.17) is 4.74 Å². The maximum Gasteiger partial charge on any atom is 0.305 e. The van der Waals surface area contributed by atoms with E-state index in [1.807, 2.05) is 6.92 Å². The summed E-state index contributed by atoms with van der Waals surface area (Å²) < 4.78 is 5.02. The van der Waals surface area contributed by atoms with E-state index in [2.05, 4.69) is 13.8 Å². The van der Waals surface area contributed by atoms with Crippen LogP contribution in [0.5, 0.6) is 0 Å². The number of ether oxygens (including phenoxy) is 1. The van der Waals surface area contributed by atoms with Crippen molar-refractivity contribution in [3.05, 3.63) is 0 Å². The minimum atomic E-state index is -0.538. The maximum absolute atomic E-state index is 11.5. The Morgan fingerprint density at radius 3 is 2.00 bits per heavy atom. The monoisotopic (exact) mass is 386 g/mol. The molecule has 0 bridgehead atoms. The minimum absolute atomic E-state index is 0.115. The molecule has 0 amide bonds. The van der Waals surface area contributed by atoms with Gasteiger partial charge in [-0.3, -0.25) is 4.79 Å². The summed E-state index contributed by atoms with van der Waals surface area (Å²) in [6, 6.07) is 0. The normalized spacial score (nSPS) is 14.7. The number of carbonyl (C=O) groups excluding carboxylic acids is 1. The molecule has 0 saturated carbocycles. The summed E-state index contributed by atoms with van der Waals surface area (Å²) in [5, 5.41) is 19.6. The van der Waals surface area contributed by atoms with Crippen LogP contribution in [0.2, 0.25) is 0 Å². The van der Waals surface area contributed by atoms with Crippen LogP contribution in [0.1, 0.15) is 117 Å². The molecule has 0 aliphatic heterocycles. The first-order chi connectivity index (χ1) is 13.0. The highest BCUT2D eigenvalue weighted by molar-refractivity contribution is 5.69. The number of unbranched alkanes of at least 4 members (excludes halogenated alkanes) is 9. The van der Waals surface area contributed by atoms with Crippen LogP contribution in [0, 0.1) is 5.92 Å². The van der Waals surface area contributed by atoms with E-state index in [9.17, 15) is 15.0 Å². The lowest BCUT2D eigenvalue weighted by Gasteiger charge is -2.18. The Labute approximate surface area is 168 Å². The van der Waals surface area contributed by atoms with Gasteiger partial charge in [-0.1, -0.05) is 85.0 Å². The standard InChI is InChI=1S/C23H46O4/c1-4-6-7-8-10-13-16-20(3)22(25)17-14-11-9-12-15-18-23(26)27-19-21(24)5-2/h20-22,24-25H,4-19H2,1-3H3. The Morgan fingerprint density at radius 2 is 1.37 bits per heavy atom. The summed E-state index contributed by atoms with van der Waals surface area (Å²) in [6.45, 7) is 6.40. The molecule has 0 aromatic carbocycles. The number of hydrogen-bond acceptors (Lipinski definition) is 4. The number of aliphatic hydroxyl groups is 2. The summed E-state index contributed by atoms with van der Waals surface area (Å²) in [5.41, 5.74) is 0. The summed E-state index contributed by atoms with van der Waals surface area (Å²) in [4.78, 5) is 11.5. The van der Waals surface area contributed by atoms with Crippen LogP contribution in [0.3, 0.4) is 0 Å². The van der Waals surface area contributed by atoms with Crippen LogP contribution in [0.15, 0.2) is 0 Å². The summed E-state index contributed by atoms with van der Waals surface area (Å²) in [5.74, 6) is 0.200. The molecular formula is C23H46O4. The highest BCUT2D eigenvalue weighted by atomic mass is 16.5. The largest absolute Gasteiger partial charge is 0.463 e. The van der Waals surface area contributed by atoms with Gasteiger partial charge in [-0.15, -0.1) is 0 Å². The zero-order valence-corrected chi connectivity index (χ0v) is 18.3. The molecule has 3 atom stereocenters. The van der Waals surface area contributed by atoms with Crippen LogP contribution in [-0.2, 0) is 9.53 Å². The second-order valence-electron chi connectivity index (χ2n) is 8.15. The summed E-state index contributed by atoms with van der Waals surface area (Å²) in [7, 11) is 0. The first-order valence-corrected chi connectivity index (χ1v) is 11.5. The quantitative estimate of drug-likeness (QED) is 0.218. The van der Waals surface area contributed by atoms with Gasteiger partial charge in [-0.2, -0.15) is 0 Å². The Hall–Kier alpha value is -0.610. The lowest BCUT2D eigenvalue weighted by molar-refractivity contribution is -0.146. The SMILES string of the molecule is CCCCCCCCC(C)C(O)CCCCCCCC(=O)OCC(O)CC. The van der Waals surface area contributed by atoms with E-state index < -0.39 is 6.10 Å². The van der Waals surface area contributed by atoms with Gasteiger partial charge in [0.2, 0.25) is 0 Å². The molecule has 0 spiro atoms. The molecule has 0 fully saturated rings. The van der Waals surface area contributed by atoms with Crippen molar-refractivity contribution < 1.29 is 19.7 Å². The van der Waals surface area contributed by atoms with E-state index >= 15 is 0 Å². The predicted octanol–water partition coefficient (Wildman–Crippen LogP) is 5.78. The Kier molecular flexibility index (Phi) is 18.3. The molecule has 2 N–H and O–H groups in total. The van der Waals surface area contributed by atoms with E-state index in [1.165, 1.54) is 38.5 Å².